The van der Waals surface area contributed by atoms with Crippen molar-refractivity contribution >= 4 is 12.0 Å². The predicted octanol–water partition coefficient (Wildman–Crippen LogP) is 3.38. The van der Waals surface area contributed by atoms with E-state index in [1.54, 1.807) is 11.9 Å². The van der Waals surface area contributed by atoms with E-state index in [1.165, 1.54) is 0 Å². The lowest BCUT2D eigenvalue weighted by Gasteiger charge is -2.44. The summed E-state index contributed by atoms with van der Waals surface area (Å²) in [6, 6.07) is -0.00729. The molecule has 5 heteroatoms. The van der Waals surface area contributed by atoms with Crippen molar-refractivity contribution in [3.63, 3.8) is 0 Å². The molecule has 0 aliphatic heterocycles. The van der Waals surface area contributed by atoms with Crippen LogP contribution in [0.15, 0.2) is 0 Å². The molecule has 0 saturated heterocycles. The molecule has 1 atom stereocenters. The maximum absolute atomic E-state index is 12.4. The number of nitrogens with zero attached hydrogens (tertiary/aromatic N) is 1. The summed E-state index contributed by atoms with van der Waals surface area (Å²) in [5, 5.41) is 12.2. The Labute approximate surface area is 128 Å². The summed E-state index contributed by atoms with van der Waals surface area (Å²) >= 11 is 0. The molecule has 122 valence electrons. The fraction of sp³-hybridized carbons (Fsp3) is 0.875. The van der Waals surface area contributed by atoms with Crippen LogP contribution in [-0.4, -0.2) is 40.6 Å². The van der Waals surface area contributed by atoms with Gasteiger partial charge in [-0.15, -0.1) is 0 Å². The first kappa shape index (κ1) is 17.8. The number of carboxylic acid groups (broad SMARTS) is 1. The normalized spacial score (nSPS) is 18.8. The summed E-state index contributed by atoms with van der Waals surface area (Å²) in [5.41, 5.74) is -0.515. The highest BCUT2D eigenvalue weighted by Gasteiger charge is 2.40. The van der Waals surface area contributed by atoms with E-state index in [-0.39, 0.29) is 18.5 Å². The molecule has 0 spiro atoms. The first-order valence-corrected chi connectivity index (χ1v) is 8.17. The first-order chi connectivity index (χ1) is 9.91. The minimum absolute atomic E-state index is 0.0419. The molecule has 1 aliphatic carbocycles. The number of rotatable bonds is 7. The Hall–Kier alpha value is -1.26. The van der Waals surface area contributed by atoms with Gasteiger partial charge >= 0.3 is 12.0 Å². The van der Waals surface area contributed by atoms with Crippen molar-refractivity contribution in [3.05, 3.63) is 0 Å². The number of carboxylic acids is 1. The van der Waals surface area contributed by atoms with Crippen LogP contribution in [0.2, 0.25) is 0 Å². The van der Waals surface area contributed by atoms with Gasteiger partial charge in [0.15, 0.2) is 0 Å². The lowest BCUT2D eigenvalue weighted by Crippen LogP contribution is -2.56. The molecule has 0 bridgehead atoms. The summed E-state index contributed by atoms with van der Waals surface area (Å²) in [5.74, 6) is -0.824. The minimum Gasteiger partial charge on any atom is -0.481 e. The molecule has 0 radical (unpaired) electrons. The van der Waals surface area contributed by atoms with Crippen LogP contribution in [0.25, 0.3) is 0 Å². The topological polar surface area (TPSA) is 69.6 Å². The quantitative estimate of drug-likeness (QED) is 0.757. The van der Waals surface area contributed by atoms with Gasteiger partial charge in [0.2, 0.25) is 0 Å². The SMILES string of the molecule is CCCCC(C)NC(=O)N(C)C1(CC(=O)O)CCCCC1. The van der Waals surface area contributed by atoms with Crippen LogP contribution in [0.3, 0.4) is 0 Å². The van der Waals surface area contributed by atoms with Crippen LogP contribution in [0.4, 0.5) is 4.79 Å². The van der Waals surface area contributed by atoms with Gasteiger partial charge in [-0.2, -0.15) is 0 Å². The van der Waals surface area contributed by atoms with Gasteiger partial charge in [-0.1, -0.05) is 39.0 Å². The zero-order valence-corrected chi connectivity index (χ0v) is 13.7. The number of amides is 2. The number of nitrogens with one attached hydrogen (secondary N) is 1. The molecule has 0 aromatic rings. The monoisotopic (exact) mass is 298 g/mol. The van der Waals surface area contributed by atoms with Crippen LogP contribution in [0.1, 0.15) is 71.6 Å². The van der Waals surface area contributed by atoms with Crippen LogP contribution >= 0.6 is 0 Å². The molecular weight excluding hydrogens is 268 g/mol. The number of urea groups is 1. The van der Waals surface area contributed by atoms with Gasteiger partial charge in [0.25, 0.3) is 0 Å². The molecule has 0 aromatic heterocycles. The van der Waals surface area contributed by atoms with Crippen LogP contribution < -0.4 is 5.32 Å². The Morgan fingerprint density at radius 2 is 1.90 bits per heavy atom. The van der Waals surface area contributed by atoms with E-state index in [4.69, 9.17) is 0 Å². The summed E-state index contributed by atoms with van der Waals surface area (Å²) in [7, 11) is 1.75. The van der Waals surface area contributed by atoms with Crippen LogP contribution in [0.5, 0.6) is 0 Å². The predicted molar refractivity (Wildman–Crippen MR) is 83.4 cm³/mol. The van der Waals surface area contributed by atoms with Gasteiger partial charge in [-0.25, -0.2) is 4.79 Å². The van der Waals surface area contributed by atoms with Crippen LogP contribution in [0, 0.1) is 0 Å². The zero-order valence-electron chi connectivity index (χ0n) is 13.7. The second-order valence-corrected chi connectivity index (χ2v) is 6.41. The summed E-state index contributed by atoms with van der Waals surface area (Å²) < 4.78 is 0. The summed E-state index contributed by atoms with van der Waals surface area (Å²) in [6.07, 6.45) is 7.89. The Bertz CT molecular complexity index is 351. The third-order valence-corrected chi connectivity index (χ3v) is 4.64. The first-order valence-electron chi connectivity index (χ1n) is 8.17. The van der Waals surface area contributed by atoms with Gasteiger partial charge in [0, 0.05) is 13.1 Å². The zero-order chi connectivity index (χ0) is 15.9. The molecule has 5 nitrogen and oxygen atoms in total. The maximum atomic E-state index is 12.4. The molecule has 1 aliphatic rings. The molecule has 2 amide bonds. The largest absolute Gasteiger partial charge is 0.481 e. The highest BCUT2D eigenvalue weighted by atomic mass is 16.4. The Kier molecular flexibility index (Phi) is 6.99. The van der Waals surface area contributed by atoms with Crippen molar-refractivity contribution in [1.29, 1.82) is 0 Å². The second kappa shape index (κ2) is 8.25. The fourth-order valence-electron chi connectivity index (χ4n) is 3.23. The molecular formula is C16H30N2O3. The third-order valence-electron chi connectivity index (χ3n) is 4.64. The summed E-state index contributed by atoms with van der Waals surface area (Å²) in [4.78, 5) is 25.3. The van der Waals surface area contributed by atoms with E-state index in [0.29, 0.717) is 0 Å². The molecule has 21 heavy (non-hydrogen) atoms. The number of aliphatic carboxylic acids is 1. The van der Waals surface area contributed by atoms with Gasteiger partial charge in [0.1, 0.15) is 0 Å². The van der Waals surface area contributed by atoms with Crippen LogP contribution in [-0.2, 0) is 4.79 Å². The number of hydrogen-bond acceptors (Lipinski definition) is 2. The maximum Gasteiger partial charge on any atom is 0.317 e. The average Bonchev–Trinajstić information content (AvgIpc) is 2.44. The number of carbonyl (C=O) groups is 2. The van der Waals surface area contributed by atoms with E-state index in [2.05, 4.69) is 12.2 Å². The third kappa shape index (κ3) is 5.21. The molecule has 1 fully saturated rings. The van der Waals surface area contributed by atoms with E-state index >= 15 is 0 Å². The van der Waals surface area contributed by atoms with Crippen molar-refractivity contribution in [2.45, 2.75) is 83.2 Å². The highest BCUT2D eigenvalue weighted by Crippen LogP contribution is 2.35. The van der Waals surface area contributed by atoms with Crippen molar-refractivity contribution in [2.24, 2.45) is 0 Å². The number of hydrogen-bond donors (Lipinski definition) is 2. The smallest absolute Gasteiger partial charge is 0.317 e. The number of unbranched alkanes of at least 4 members (excludes halogenated alkanes) is 1. The molecule has 0 aromatic carbocycles. The lowest BCUT2D eigenvalue weighted by atomic mass is 9.78. The Morgan fingerprint density at radius 1 is 1.29 bits per heavy atom. The van der Waals surface area contributed by atoms with E-state index in [9.17, 15) is 14.7 Å². The van der Waals surface area contributed by atoms with E-state index in [0.717, 1.165) is 51.4 Å². The molecule has 0 heterocycles. The van der Waals surface area contributed by atoms with Crippen molar-refractivity contribution in [2.75, 3.05) is 7.05 Å². The average molecular weight is 298 g/mol. The Balaban J connectivity index is 2.68. The molecule has 1 rings (SSSR count). The minimum atomic E-state index is -0.824. The van der Waals surface area contributed by atoms with E-state index in [1.807, 2.05) is 6.92 Å². The molecule has 2 N–H and O–H groups in total. The fourth-order valence-corrected chi connectivity index (χ4v) is 3.23. The van der Waals surface area contributed by atoms with Gasteiger partial charge in [-0.05, 0) is 26.2 Å². The molecule has 1 unspecified atom stereocenters. The highest BCUT2D eigenvalue weighted by molar-refractivity contribution is 5.77. The standard InChI is InChI=1S/C16H30N2O3/c1-4-5-9-13(2)17-15(21)18(3)16(12-14(19)20)10-7-6-8-11-16/h13H,4-12H2,1-3H3,(H,17,21)(H,19,20). The van der Waals surface area contributed by atoms with Crippen molar-refractivity contribution in [3.8, 4) is 0 Å². The van der Waals surface area contributed by atoms with Gasteiger partial charge in [-0.3, -0.25) is 4.79 Å². The van der Waals surface area contributed by atoms with Gasteiger partial charge in [0.05, 0.1) is 12.0 Å². The lowest BCUT2D eigenvalue weighted by molar-refractivity contribution is -0.140. The van der Waals surface area contributed by atoms with Crippen molar-refractivity contribution in [1.82, 2.24) is 10.2 Å². The summed E-state index contributed by atoms with van der Waals surface area (Å²) in [6.45, 7) is 4.14. The second-order valence-electron chi connectivity index (χ2n) is 6.41. The molecule has 1 saturated carbocycles. The van der Waals surface area contributed by atoms with E-state index < -0.39 is 11.5 Å². The Morgan fingerprint density at radius 3 is 2.43 bits per heavy atom. The number of carbonyl (C=O) groups excluding carboxylic acids is 1. The van der Waals surface area contributed by atoms with Gasteiger partial charge < -0.3 is 15.3 Å². The van der Waals surface area contributed by atoms with Crippen molar-refractivity contribution < 1.29 is 14.7 Å².